The Labute approximate surface area is 232 Å². The normalized spacial score (nSPS) is 11.6. The summed E-state index contributed by atoms with van der Waals surface area (Å²) >= 11 is 0. The van der Waals surface area contributed by atoms with E-state index in [1.807, 2.05) is 36.5 Å². The van der Waals surface area contributed by atoms with Crippen LogP contribution in [-0.4, -0.2) is 44.3 Å². The van der Waals surface area contributed by atoms with E-state index in [9.17, 15) is 9.59 Å². The molecule has 8 heteroatoms. The van der Waals surface area contributed by atoms with E-state index >= 15 is 0 Å². The van der Waals surface area contributed by atoms with Crippen LogP contribution in [0.15, 0.2) is 95.1 Å². The fraction of sp³-hybridized carbons (Fsp3) is 0.219. The van der Waals surface area contributed by atoms with Gasteiger partial charge in [-0.2, -0.15) is 0 Å². The first kappa shape index (κ1) is 26.9. The summed E-state index contributed by atoms with van der Waals surface area (Å²) < 4.78 is 6.47. The average molecular weight is 534 g/mol. The molecule has 0 fully saturated rings. The number of Topliss-reactive ketones (excluding diaryl/α,β-unsaturated/α-hetero) is 1. The van der Waals surface area contributed by atoms with E-state index in [0.29, 0.717) is 19.4 Å². The Morgan fingerprint density at radius 1 is 1.02 bits per heavy atom. The maximum atomic E-state index is 12.7. The van der Waals surface area contributed by atoms with E-state index in [4.69, 9.17) is 9.40 Å². The molecule has 0 N–H and O–H groups in total. The Balaban J connectivity index is 1.18. The molecule has 5 rings (SSSR count). The van der Waals surface area contributed by atoms with Crippen molar-refractivity contribution in [2.24, 2.45) is 0 Å². The van der Waals surface area contributed by atoms with Crippen LogP contribution < -0.4 is 5.56 Å². The maximum absolute atomic E-state index is 12.7. The Morgan fingerprint density at radius 3 is 2.62 bits per heavy atom. The second kappa shape index (κ2) is 12.4. The molecule has 2 aromatic carbocycles. The third-order valence-corrected chi connectivity index (χ3v) is 6.52. The number of aromatic nitrogens is 4. The zero-order valence-corrected chi connectivity index (χ0v) is 22.7. The molecule has 5 aromatic rings. The molecule has 202 valence electrons. The number of hydrogen-bond donors (Lipinski definition) is 0. The van der Waals surface area contributed by atoms with Gasteiger partial charge in [0.1, 0.15) is 11.4 Å². The molecule has 0 aliphatic carbocycles. The summed E-state index contributed by atoms with van der Waals surface area (Å²) in [5, 5.41) is 0.955. The van der Waals surface area contributed by atoms with E-state index in [1.54, 1.807) is 18.6 Å². The van der Waals surface area contributed by atoms with Gasteiger partial charge in [-0.3, -0.25) is 14.2 Å². The summed E-state index contributed by atoms with van der Waals surface area (Å²) in [6.45, 7) is 1.22. The molecule has 3 heterocycles. The van der Waals surface area contributed by atoms with Gasteiger partial charge in [-0.25, -0.2) is 15.0 Å². The van der Waals surface area contributed by atoms with Crippen LogP contribution in [0.4, 0.5) is 0 Å². The van der Waals surface area contributed by atoms with Crippen molar-refractivity contribution in [3.05, 3.63) is 130 Å². The van der Waals surface area contributed by atoms with Gasteiger partial charge in [0.2, 0.25) is 0 Å². The van der Waals surface area contributed by atoms with Crippen LogP contribution in [0.5, 0.6) is 0 Å². The van der Waals surface area contributed by atoms with Crippen LogP contribution in [0.1, 0.15) is 51.3 Å². The molecule has 0 aliphatic heterocycles. The highest BCUT2D eigenvalue weighted by molar-refractivity contribution is 5.95. The van der Waals surface area contributed by atoms with Crippen molar-refractivity contribution in [1.29, 1.82) is 0 Å². The van der Waals surface area contributed by atoms with Crippen LogP contribution in [0.2, 0.25) is 0 Å². The Hall–Kier alpha value is -4.69. The molecule has 0 bridgehead atoms. The molecule has 8 nitrogen and oxygen atoms in total. The van der Waals surface area contributed by atoms with E-state index in [2.05, 4.69) is 53.2 Å². The van der Waals surface area contributed by atoms with Gasteiger partial charge in [-0.1, -0.05) is 42.5 Å². The molecule has 40 heavy (non-hydrogen) atoms. The van der Waals surface area contributed by atoms with Gasteiger partial charge in [0.05, 0.1) is 30.9 Å². The number of carbonyl (C=O) groups excluding carboxylic acids is 1. The molecule has 0 unspecified atom stereocenters. The summed E-state index contributed by atoms with van der Waals surface area (Å²) in [7, 11) is 4.12. The van der Waals surface area contributed by atoms with Crippen molar-refractivity contribution in [3.63, 3.8) is 0 Å². The smallest absolute Gasteiger partial charge is 0.264 e. The lowest BCUT2D eigenvalue weighted by atomic mass is 10.1. The third-order valence-electron chi connectivity index (χ3n) is 6.52. The van der Waals surface area contributed by atoms with Crippen LogP contribution >= 0.6 is 0 Å². The van der Waals surface area contributed by atoms with Crippen molar-refractivity contribution < 1.29 is 9.21 Å². The highest BCUT2D eigenvalue weighted by Crippen LogP contribution is 2.17. The lowest BCUT2D eigenvalue weighted by Gasteiger charge is -2.10. The predicted octanol–water partition coefficient (Wildman–Crippen LogP) is 5.16. The van der Waals surface area contributed by atoms with Crippen molar-refractivity contribution in [3.8, 4) is 0 Å². The average Bonchev–Trinajstić information content (AvgIpc) is 3.46. The fourth-order valence-electron chi connectivity index (χ4n) is 4.49. The molecule has 3 aromatic heterocycles. The molecule has 0 saturated carbocycles. The number of hydrogen-bond acceptors (Lipinski definition) is 7. The van der Waals surface area contributed by atoms with Crippen LogP contribution in [-0.2, 0) is 19.5 Å². The highest BCUT2D eigenvalue weighted by atomic mass is 16.3. The topological polar surface area (TPSA) is 94.1 Å². The number of furan rings is 1. The van der Waals surface area contributed by atoms with E-state index < -0.39 is 0 Å². The minimum absolute atomic E-state index is 0.0996. The van der Waals surface area contributed by atoms with Crippen molar-refractivity contribution >= 4 is 22.8 Å². The quantitative estimate of drug-likeness (QED) is 0.217. The maximum Gasteiger partial charge on any atom is 0.264 e. The Bertz CT molecular complexity index is 1690. The fourth-order valence-corrected chi connectivity index (χ4v) is 4.49. The second-order valence-corrected chi connectivity index (χ2v) is 10.1. The van der Waals surface area contributed by atoms with Crippen molar-refractivity contribution in [1.82, 2.24) is 24.4 Å². The van der Waals surface area contributed by atoms with Crippen LogP contribution in [0.3, 0.4) is 0 Å². The second-order valence-electron chi connectivity index (χ2n) is 10.1. The van der Waals surface area contributed by atoms with E-state index in [1.165, 1.54) is 28.2 Å². The van der Waals surface area contributed by atoms with Crippen LogP contribution in [0.25, 0.3) is 17.0 Å². The van der Waals surface area contributed by atoms with E-state index in [-0.39, 0.29) is 23.3 Å². The summed E-state index contributed by atoms with van der Waals surface area (Å²) in [5.41, 5.74) is 4.93. The molecule has 0 aliphatic rings. The Morgan fingerprint density at radius 2 is 1.85 bits per heavy atom. The van der Waals surface area contributed by atoms with Crippen molar-refractivity contribution in [2.75, 3.05) is 14.1 Å². The Kier molecular flexibility index (Phi) is 8.37. The minimum Gasteiger partial charge on any atom is -0.472 e. The predicted molar refractivity (Wildman–Crippen MR) is 155 cm³/mol. The molecular weight excluding hydrogens is 502 g/mol. The van der Waals surface area contributed by atoms with Crippen molar-refractivity contribution in [2.45, 2.75) is 32.4 Å². The first-order valence-corrected chi connectivity index (χ1v) is 13.2. The number of benzene rings is 2. The number of nitrogens with zero attached hydrogens (tertiary/aromatic N) is 5. The summed E-state index contributed by atoms with van der Waals surface area (Å²) in [4.78, 5) is 41.0. The van der Waals surface area contributed by atoms with Gasteiger partial charge in [0, 0.05) is 42.7 Å². The molecule has 0 atom stereocenters. The zero-order valence-electron chi connectivity index (χ0n) is 22.7. The molecule has 0 radical (unpaired) electrons. The summed E-state index contributed by atoms with van der Waals surface area (Å²) in [5.74, 6) is 0.560. The minimum atomic E-state index is -0.347. The lowest BCUT2D eigenvalue weighted by Crippen LogP contribution is -2.26. The highest BCUT2D eigenvalue weighted by Gasteiger charge is 2.13. The monoisotopic (exact) mass is 533 g/mol. The largest absolute Gasteiger partial charge is 0.472 e. The first-order valence-electron chi connectivity index (χ1n) is 13.2. The molecule has 0 amide bonds. The molecule has 0 saturated heterocycles. The van der Waals surface area contributed by atoms with Gasteiger partial charge >= 0.3 is 0 Å². The van der Waals surface area contributed by atoms with E-state index in [0.717, 1.165) is 34.4 Å². The summed E-state index contributed by atoms with van der Waals surface area (Å²) in [6, 6.07) is 16.4. The van der Waals surface area contributed by atoms with Gasteiger partial charge in [0.25, 0.3) is 5.56 Å². The standard InChI is InChI=1S/C32H31N5O3/c1-36(2)19-25-9-7-24(8-10-25)16-31-34-17-27-15-23(11-12-29(27)35-31)5-3-4-6-30(38)28-18-33-22-37(32(28)39)20-26-13-14-40-21-26/h3,5,7-15,17-18,21-22H,4,6,16,19-20H2,1-2H3/b5-3+. The zero-order chi connectivity index (χ0) is 27.9. The first-order chi connectivity index (χ1) is 19.4. The lowest BCUT2D eigenvalue weighted by molar-refractivity contribution is 0.0981. The van der Waals surface area contributed by atoms with Gasteiger partial charge in [0.15, 0.2) is 5.78 Å². The third kappa shape index (κ3) is 6.84. The summed E-state index contributed by atoms with van der Waals surface area (Å²) in [6.07, 6.45) is 13.1. The van der Waals surface area contributed by atoms with Crippen LogP contribution in [0, 0.1) is 0 Å². The number of carbonyl (C=O) groups is 1. The van der Waals surface area contributed by atoms with Gasteiger partial charge < -0.3 is 9.32 Å². The number of ketones is 1. The van der Waals surface area contributed by atoms with Gasteiger partial charge in [-0.15, -0.1) is 0 Å². The SMILES string of the molecule is CN(C)Cc1ccc(Cc2ncc3cc(/C=C/CCC(=O)c4cncn(Cc5ccoc5)c4=O)ccc3n2)cc1. The molecule has 0 spiro atoms. The van der Waals surface area contributed by atoms with Gasteiger partial charge in [-0.05, 0) is 55.4 Å². The number of fused-ring (bicyclic) bond motifs is 1. The molecular formula is C32H31N5O3. The number of allylic oxidation sites excluding steroid dienone is 1. The number of rotatable bonds is 11.